The van der Waals surface area contributed by atoms with Gasteiger partial charge in [0.15, 0.2) is 0 Å². The van der Waals surface area contributed by atoms with E-state index < -0.39 is 0 Å². The monoisotopic (exact) mass is 353 g/mol. The largest absolute Gasteiger partial charge is 0.379 e. The predicted molar refractivity (Wildman–Crippen MR) is 92.1 cm³/mol. The van der Waals surface area contributed by atoms with Crippen LogP contribution in [-0.2, 0) is 9.53 Å². The van der Waals surface area contributed by atoms with Gasteiger partial charge in [0.05, 0.1) is 13.2 Å². The second kappa shape index (κ2) is 9.93. The van der Waals surface area contributed by atoms with E-state index in [1.165, 1.54) is 12.8 Å². The molecule has 7 heteroatoms. The van der Waals surface area contributed by atoms with Gasteiger partial charge >= 0.3 is 0 Å². The molecule has 4 fully saturated rings. The minimum absolute atomic E-state index is 0. The number of carbonyl (C=O) groups excluding carboxylic acids is 1. The lowest BCUT2D eigenvalue weighted by Crippen LogP contribution is -2.41. The Morgan fingerprint density at radius 3 is 2.59 bits per heavy atom. The first-order valence-corrected chi connectivity index (χ1v) is 8.12. The fraction of sp³-hybridized carbons (Fsp3) is 0.933. The number of ether oxygens (including phenoxy) is 1. The third-order valence-electron chi connectivity index (χ3n) is 4.86. The van der Waals surface area contributed by atoms with Crippen LogP contribution in [0, 0.1) is 5.92 Å². The van der Waals surface area contributed by atoms with Crippen LogP contribution in [0.15, 0.2) is 0 Å². The highest BCUT2D eigenvalue weighted by molar-refractivity contribution is 5.85. The van der Waals surface area contributed by atoms with Crippen LogP contribution in [0.3, 0.4) is 0 Å². The van der Waals surface area contributed by atoms with Crippen LogP contribution in [0.25, 0.3) is 0 Å². The molecule has 1 amide bonds. The van der Waals surface area contributed by atoms with Gasteiger partial charge in [0.25, 0.3) is 0 Å². The zero-order valence-corrected chi connectivity index (χ0v) is 14.8. The summed E-state index contributed by atoms with van der Waals surface area (Å²) in [6, 6.07) is 0.539. The average molecular weight is 354 g/mol. The number of carbonyl (C=O) groups is 1. The average Bonchev–Trinajstić information content (AvgIpc) is 2.82. The Balaban J connectivity index is 0.00000121. The molecule has 0 aromatic heterocycles. The van der Waals surface area contributed by atoms with E-state index in [1.54, 1.807) is 0 Å². The highest BCUT2D eigenvalue weighted by Crippen LogP contribution is 2.22. The summed E-state index contributed by atoms with van der Waals surface area (Å²) < 4.78 is 5.34. The zero-order chi connectivity index (χ0) is 13.8. The molecule has 0 radical (unpaired) electrons. The van der Waals surface area contributed by atoms with Crippen LogP contribution in [0.4, 0.5) is 0 Å². The number of halogens is 2. The Hall–Kier alpha value is -0.0700. The molecule has 0 spiro atoms. The number of piperidine rings is 1. The molecule has 0 aliphatic carbocycles. The molecule has 0 aromatic carbocycles. The highest BCUT2D eigenvalue weighted by Gasteiger charge is 2.30. The summed E-state index contributed by atoms with van der Waals surface area (Å²) >= 11 is 0. The normalized spacial score (nSPS) is 28.5. The molecule has 4 aliphatic heterocycles. The minimum Gasteiger partial charge on any atom is -0.379 e. The molecular formula is C15H29Cl2N3O2. The Morgan fingerprint density at radius 2 is 1.91 bits per heavy atom. The van der Waals surface area contributed by atoms with Crippen molar-refractivity contribution in [1.82, 2.24) is 15.1 Å². The van der Waals surface area contributed by atoms with E-state index in [0.717, 1.165) is 58.9 Å². The van der Waals surface area contributed by atoms with Crippen LogP contribution in [-0.4, -0.2) is 74.2 Å². The number of hydrogen-bond acceptors (Lipinski definition) is 4. The van der Waals surface area contributed by atoms with E-state index in [-0.39, 0.29) is 24.8 Å². The number of nitrogens with one attached hydrogen (secondary N) is 1. The third kappa shape index (κ3) is 5.53. The second-order valence-electron chi connectivity index (χ2n) is 6.40. The van der Waals surface area contributed by atoms with E-state index in [0.29, 0.717) is 24.3 Å². The van der Waals surface area contributed by atoms with Gasteiger partial charge in [0.2, 0.25) is 5.91 Å². The molecule has 0 saturated carbocycles. The molecule has 1 N–H and O–H groups in total. The van der Waals surface area contributed by atoms with E-state index in [1.807, 2.05) is 0 Å². The predicted octanol–water partition coefficient (Wildman–Crippen LogP) is 1.15. The molecule has 4 heterocycles. The second-order valence-corrected chi connectivity index (χ2v) is 6.40. The molecule has 2 bridgehead atoms. The summed E-state index contributed by atoms with van der Waals surface area (Å²) in [7, 11) is 0. The lowest BCUT2D eigenvalue weighted by Gasteiger charge is -2.27. The fourth-order valence-corrected chi connectivity index (χ4v) is 3.58. The first-order chi connectivity index (χ1) is 9.81. The number of nitrogens with zero attached hydrogens (tertiary/aromatic N) is 2. The lowest BCUT2D eigenvalue weighted by molar-refractivity contribution is -0.131. The van der Waals surface area contributed by atoms with Crippen LogP contribution < -0.4 is 5.32 Å². The van der Waals surface area contributed by atoms with Crippen molar-refractivity contribution >= 4 is 30.7 Å². The van der Waals surface area contributed by atoms with Gasteiger partial charge in [0, 0.05) is 38.6 Å². The minimum atomic E-state index is 0. The molecule has 0 unspecified atom stereocenters. The maximum absolute atomic E-state index is 12.4. The molecule has 22 heavy (non-hydrogen) atoms. The Kier molecular flexibility index (Phi) is 9.02. The summed E-state index contributed by atoms with van der Waals surface area (Å²) in [4.78, 5) is 16.9. The zero-order valence-electron chi connectivity index (χ0n) is 13.2. The number of morpholine rings is 1. The number of amides is 1. The van der Waals surface area contributed by atoms with Crippen molar-refractivity contribution in [1.29, 1.82) is 0 Å². The van der Waals surface area contributed by atoms with Crippen LogP contribution in [0.5, 0.6) is 0 Å². The van der Waals surface area contributed by atoms with Crippen molar-refractivity contribution in [3.05, 3.63) is 0 Å². The molecule has 0 aromatic rings. The summed E-state index contributed by atoms with van der Waals surface area (Å²) in [5.74, 6) is 1.04. The van der Waals surface area contributed by atoms with Gasteiger partial charge in [-0.1, -0.05) is 0 Å². The summed E-state index contributed by atoms with van der Waals surface area (Å²) in [6.07, 6.45) is 4.21. The van der Waals surface area contributed by atoms with Gasteiger partial charge < -0.3 is 15.0 Å². The van der Waals surface area contributed by atoms with Gasteiger partial charge in [0.1, 0.15) is 0 Å². The Labute approximate surface area is 145 Å². The van der Waals surface area contributed by atoms with Gasteiger partial charge in [-0.2, -0.15) is 0 Å². The quantitative estimate of drug-likeness (QED) is 0.823. The van der Waals surface area contributed by atoms with Gasteiger partial charge in [-0.3, -0.25) is 9.69 Å². The maximum atomic E-state index is 12.4. The Morgan fingerprint density at radius 1 is 1.14 bits per heavy atom. The number of hydrogen-bond donors (Lipinski definition) is 1. The van der Waals surface area contributed by atoms with E-state index in [2.05, 4.69) is 15.1 Å². The number of rotatable bonds is 4. The summed E-state index contributed by atoms with van der Waals surface area (Å²) in [5.41, 5.74) is 0. The molecule has 4 saturated heterocycles. The standard InChI is InChI=1S/C15H27N3O2.2ClH/c19-15(2-1-5-17-6-8-20-9-7-17)18-11-13-3-4-14(12-18)16-10-13;;/h13-14,16H,1-12H2;2*1H/t13-,14-;;/m0../s1. The summed E-state index contributed by atoms with van der Waals surface area (Å²) in [5, 5.41) is 3.56. The van der Waals surface area contributed by atoms with Crippen molar-refractivity contribution in [2.45, 2.75) is 31.7 Å². The van der Waals surface area contributed by atoms with Crippen molar-refractivity contribution in [2.75, 3.05) is 52.5 Å². The lowest BCUT2D eigenvalue weighted by atomic mass is 9.97. The Bertz CT molecular complexity index is 319. The molecule has 2 atom stereocenters. The molecule has 4 rings (SSSR count). The molecule has 130 valence electrons. The maximum Gasteiger partial charge on any atom is 0.222 e. The van der Waals surface area contributed by atoms with Crippen LogP contribution in [0.1, 0.15) is 25.7 Å². The number of fused-ring (bicyclic) bond motifs is 4. The molecule has 5 nitrogen and oxygen atoms in total. The first-order valence-electron chi connectivity index (χ1n) is 8.12. The van der Waals surface area contributed by atoms with E-state index in [9.17, 15) is 4.79 Å². The summed E-state index contributed by atoms with van der Waals surface area (Å²) in [6.45, 7) is 7.76. The van der Waals surface area contributed by atoms with E-state index in [4.69, 9.17) is 4.74 Å². The van der Waals surface area contributed by atoms with E-state index >= 15 is 0 Å². The topological polar surface area (TPSA) is 44.8 Å². The van der Waals surface area contributed by atoms with Crippen LogP contribution >= 0.6 is 24.8 Å². The van der Waals surface area contributed by atoms with Gasteiger partial charge in [-0.05, 0) is 38.3 Å². The van der Waals surface area contributed by atoms with Gasteiger partial charge in [-0.25, -0.2) is 0 Å². The molecular weight excluding hydrogens is 325 g/mol. The fourth-order valence-electron chi connectivity index (χ4n) is 3.58. The molecule has 4 aliphatic rings. The van der Waals surface area contributed by atoms with Crippen molar-refractivity contribution in [2.24, 2.45) is 5.92 Å². The smallest absolute Gasteiger partial charge is 0.222 e. The van der Waals surface area contributed by atoms with Crippen molar-refractivity contribution in [3.63, 3.8) is 0 Å². The van der Waals surface area contributed by atoms with Gasteiger partial charge in [-0.15, -0.1) is 24.8 Å². The highest BCUT2D eigenvalue weighted by atomic mass is 35.5. The first kappa shape index (κ1) is 20.0. The van der Waals surface area contributed by atoms with Crippen molar-refractivity contribution < 1.29 is 9.53 Å². The van der Waals surface area contributed by atoms with Crippen molar-refractivity contribution in [3.8, 4) is 0 Å². The van der Waals surface area contributed by atoms with Crippen LogP contribution in [0.2, 0.25) is 0 Å². The SMILES string of the molecule is Cl.Cl.O=C(CCCN1CCOCC1)N1C[C@H]2CC[C@@H](C1)NC2. The third-order valence-corrected chi connectivity index (χ3v) is 4.86.